The van der Waals surface area contributed by atoms with Crippen LogP contribution in [0.3, 0.4) is 0 Å². The molecule has 4 aromatic carbocycles. The van der Waals surface area contributed by atoms with Gasteiger partial charge in [-0.15, -0.1) is 0 Å². The first kappa shape index (κ1) is 21.7. The Morgan fingerprint density at radius 1 is 1.00 bits per heavy atom. The van der Waals surface area contributed by atoms with Gasteiger partial charge in [0.25, 0.3) is 11.6 Å². The van der Waals surface area contributed by atoms with Gasteiger partial charge in [0.05, 0.1) is 16.7 Å². The predicted octanol–water partition coefficient (Wildman–Crippen LogP) is 5.40. The lowest BCUT2D eigenvalue weighted by molar-refractivity contribution is -0.385. The van der Waals surface area contributed by atoms with Crippen molar-refractivity contribution in [2.75, 3.05) is 0 Å². The van der Waals surface area contributed by atoms with Crippen molar-refractivity contribution in [3.8, 4) is 5.75 Å². The summed E-state index contributed by atoms with van der Waals surface area (Å²) >= 11 is 0. The molecule has 7 heteroatoms. The normalized spacial score (nSPS) is 10.9. The summed E-state index contributed by atoms with van der Waals surface area (Å²) in [6, 6.07) is 26.0. The zero-order chi connectivity index (χ0) is 23.2. The van der Waals surface area contributed by atoms with E-state index >= 15 is 0 Å². The maximum Gasteiger partial charge on any atom is 0.273 e. The van der Waals surface area contributed by atoms with Gasteiger partial charge in [0.2, 0.25) is 0 Å². The lowest BCUT2D eigenvalue weighted by Gasteiger charge is -2.09. The molecule has 0 fully saturated rings. The first-order valence-electron chi connectivity index (χ1n) is 10.3. The highest BCUT2D eigenvalue weighted by Crippen LogP contribution is 2.22. The number of carbonyl (C=O) groups is 1. The summed E-state index contributed by atoms with van der Waals surface area (Å²) in [6.07, 6.45) is 1.50. The maximum atomic E-state index is 12.3. The molecule has 0 spiro atoms. The molecule has 7 nitrogen and oxygen atoms in total. The standard InChI is InChI=1S/C26H21N3O4/c1-18-23(10-5-11-25(18)29(31)32)26(30)28-27-16-19-12-14-22(15-13-19)33-17-21-8-4-7-20-6-2-3-9-24(20)21/h2-16H,17H2,1H3,(H,28,30)/b27-16-. The molecule has 164 valence electrons. The largest absolute Gasteiger partial charge is 0.489 e. The smallest absolute Gasteiger partial charge is 0.273 e. The van der Waals surface area contributed by atoms with Crippen molar-refractivity contribution in [2.45, 2.75) is 13.5 Å². The van der Waals surface area contributed by atoms with Gasteiger partial charge in [-0.25, -0.2) is 5.43 Å². The van der Waals surface area contributed by atoms with Crippen molar-refractivity contribution in [2.24, 2.45) is 5.10 Å². The third-order valence-corrected chi connectivity index (χ3v) is 5.28. The number of carbonyl (C=O) groups excluding carboxylic acids is 1. The number of ether oxygens (including phenoxy) is 1. The lowest BCUT2D eigenvalue weighted by atomic mass is 10.1. The first-order valence-corrected chi connectivity index (χ1v) is 10.3. The Morgan fingerprint density at radius 2 is 1.73 bits per heavy atom. The minimum atomic E-state index is -0.515. The Labute approximate surface area is 190 Å². The van der Waals surface area contributed by atoms with Crippen LogP contribution in [0.1, 0.15) is 27.0 Å². The molecule has 0 radical (unpaired) electrons. The van der Waals surface area contributed by atoms with Gasteiger partial charge in [0.15, 0.2) is 0 Å². The third kappa shape index (κ3) is 5.04. The average Bonchev–Trinajstić information content (AvgIpc) is 2.83. The molecule has 0 aliphatic carbocycles. The van der Waals surface area contributed by atoms with Crippen LogP contribution in [0.2, 0.25) is 0 Å². The molecule has 0 aromatic heterocycles. The van der Waals surface area contributed by atoms with Gasteiger partial charge in [0.1, 0.15) is 12.4 Å². The van der Waals surface area contributed by atoms with E-state index < -0.39 is 10.8 Å². The highest BCUT2D eigenvalue weighted by molar-refractivity contribution is 5.97. The number of hydrogen-bond donors (Lipinski definition) is 1. The highest BCUT2D eigenvalue weighted by atomic mass is 16.6. The number of benzene rings is 4. The van der Waals surface area contributed by atoms with Crippen LogP contribution in [0.15, 0.2) is 90.0 Å². The number of amides is 1. The van der Waals surface area contributed by atoms with Gasteiger partial charge in [-0.05, 0) is 59.2 Å². The van der Waals surface area contributed by atoms with Crippen LogP contribution in [0.4, 0.5) is 5.69 Å². The predicted molar refractivity (Wildman–Crippen MR) is 128 cm³/mol. The number of fused-ring (bicyclic) bond motifs is 1. The average molecular weight is 439 g/mol. The van der Waals surface area contributed by atoms with E-state index in [-0.39, 0.29) is 11.3 Å². The Bertz CT molecular complexity index is 1340. The van der Waals surface area contributed by atoms with Crippen molar-refractivity contribution in [1.29, 1.82) is 0 Å². The molecule has 0 heterocycles. The Balaban J connectivity index is 1.36. The fraction of sp³-hybridized carbons (Fsp3) is 0.0769. The van der Waals surface area contributed by atoms with E-state index in [1.54, 1.807) is 0 Å². The number of nitro groups is 1. The van der Waals surface area contributed by atoms with Crippen LogP contribution in [0, 0.1) is 17.0 Å². The van der Waals surface area contributed by atoms with E-state index in [2.05, 4.69) is 34.8 Å². The molecular weight excluding hydrogens is 418 g/mol. The molecule has 4 rings (SSSR count). The highest BCUT2D eigenvalue weighted by Gasteiger charge is 2.17. The fourth-order valence-electron chi connectivity index (χ4n) is 3.52. The van der Waals surface area contributed by atoms with Gasteiger partial charge in [-0.3, -0.25) is 14.9 Å². The SMILES string of the molecule is Cc1c(C(=O)N/N=C\c2ccc(OCc3cccc4ccccc34)cc2)cccc1[N+](=O)[O-]. The number of hydrazone groups is 1. The molecule has 1 amide bonds. The summed E-state index contributed by atoms with van der Waals surface area (Å²) in [4.78, 5) is 22.9. The molecule has 0 atom stereocenters. The molecule has 0 saturated heterocycles. The van der Waals surface area contributed by atoms with E-state index in [9.17, 15) is 14.9 Å². The van der Waals surface area contributed by atoms with E-state index in [0.29, 0.717) is 12.2 Å². The third-order valence-electron chi connectivity index (χ3n) is 5.28. The van der Waals surface area contributed by atoms with Crippen molar-refractivity contribution in [1.82, 2.24) is 5.43 Å². The lowest BCUT2D eigenvalue weighted by Crippen LogP contribution is -2.19. The minimum absolute atomic E-state index is 0.106. The Hall–Kier alpha value is -4.52. The van der Waals surface area contributed by atoms with E-state index in [1.165, 1.54) is 42.1 Å². The van der Waals surface area contributed by atoms with Crippen LogP contribution in [0.5, 0.6) is 5.75 Å². The van der Waals surface area contributed by atoms with Gasteiger partial charge < -0.3 is 4.74 Å². The monoisotopic (exact) mass is 439 g/mol. The fourth-order valence-corrected chi connectivity index (χ4v) is 3.52. The zero-order valence-corrected chi connectivity index (χ0v) is 17.9. The molecule has 33 heavy (non-hydrogen) atoms. The van der Waals surface area contributed by atoms with E-state index in [1.807, 2.05) is 42.5 Å². The summed E-state index contributed by atoms with van der Waals surface area (Å²) in [5.41, 5.74) is 4.68. The summed E-state index contributed by atoms with van der Waals surface area (Å²) in [5, 5.41) is 17.3. The van der Waals surface area contributed by atoms with E-state index in [4.69, 9.17) is 4.74 Å². The number of hydrogen-bond acceptors (Lipinski definition) is 5. The van der Waals surface area contributed by atoms with Crippen LogP contribution >= 0.6 is 0 Å². The molecular formula is C26H21N3O4. The summed E-state index contributed by atoms with van der Waals surface area (Å²) in [5.74, 6) is 0.207. The molecule has 0 aliphatic heterocycles. The van der Waals surface area contributed by atoms with Crippen molar-refractivity contribution >= 4 is 28.6 Å². The number of nitrogens with zero attached hydrogens (tertiary/aromatic N) is 2. The summed E-state index contributed by atoms with van der Waals surface area (Å²) in [7, 11) is 0. The maximum absolute atomic E-state index is 12.3. The van der Waals surface area contributed by atoms with Gasteiger partial charge in [-0.2, -0.15) is 5.10 Å². The van der Waals surface area contributed by atoms with Crippen LogP contribution in [0.25, 0.3) is 10.8 Å². The second kappa shape index (κ2) is 9.74. The van der Waals surface area contributed by atoms with Crippen LogP contribution < -0.4 is 10.2 Å². The quantitative estimate of drug-likeness (QED) is 0.237. The molecule has 1 N–H and O–H groups in total. The molecule has 0 unspecified atom stereocenters. The second-order valence-electron chi connectivity index (χ2n) is 7.40. The topological polar surface area (TPSA) is 93.8 Å². The number of rotatable bonds is 7. The summed E-state index contributed by atoms with van der Waals surface area (Å²) < 4.78 is 5.93. The molecule has 0 bridgehead atoms. The molecule has 0 saturated carbocycles. The van der Waals surface area contributed by atoms with E-state index in [0.717, 1.165) is 16.9 Å². The molecule has 4 aromatic rings. The second-order valence-corrected chi connectivity index (χ2v) is 7.40. The summed E-state index contributed by atoms with van der Waals surface area (Å²) in [6.45, 7) is 1.99. The van der Waals surface area contributed by atoms with Crippen molar-refractivity contribution < 1.29 is 14.5 Å². The Kier molecular flexibility index (Phi) is 6.40. The van der Waals surface area contributed by atoms with Crippen molar-refractivity contribution in [3.63, 3.8) is 0 Å². The van der Waals surface area contributed by atoms with Gasteiger partial charge in [0, 0.05) is 11.6 Å². The van der Waals surface area contributed by atoms with Crippen LogP contribution in [-0.4, -0.2) is 17.0 Å². The Morgan fingerprint density at radius 3 is 2.52 bits per heavy atom. The minimum Gasteiger partial charge on any atom is -0.489 e. The first-order chi connectivity index (χ1) is 16.0. The molecule has 0 aliphatic rings. The van der Waals surface area contributed by atoms with Crippen LogP contribution in [-0.2, 0) is 6.61 Å². The van der Waals surface area contributed by atoms with Gasteiger partial charge >= 0.3 is 0 Å². The number of nitro benzene ring substituents is 1. The zero-order valence-electron chi connectivity index (χ0n) is 17.9. The van der Waals surface area contributed by atoms with Crippen molar-refractivity contribution in [3.05, 3.63) is 117 Å². The van der Waals surface area contributed by atoms with Gasteiger partial charge in [-0.1, -0.05) is 48.5 Å². The number of nitrogens with one attached hydrogen (secondary N) is 1.